The maximum Gasteiger partial charge on any atom is 0.416 e. The van der Waals surface area contributed by atoms with Crippen LogP contribution < -0.4 is 5.32 Å². The number of sulfonamides is 1. The predicted octanol–water partition coefficient (Wildman–Crippen LogP) is 6.16. The third kappa shape index (κ3) is 6.13. The fourth-order valence-electron chi connectivity index (χ4n) is 3.30. The van der Waals surface area contributed by atoms with Crippen LogP contribution in [0.5, 0.6) is 0 Å². The first-order chi connectivity index (χ1) is 16.1. The van der Waals surface area contributed by atoms with E-state index in [1.165, 1.54) is 22.5 Å². The number of nitrogens with zero attached hydrogens (tertiary/aromatic N) is 2. The highest BCUT2D eigenvalue weighted by molar-refractivity contribution is 7.89. The van der Waals surface area contributed by atoms with Crippen LogP contribution in [0.2, 0.25) is 0 Å². The molecule has 0 radical (unpaired) electrons. The van der Waals surface area contributed by atoms with Gasteiger partial charge in [0.2, 0.25) is 10.0 Å². The number of unbranched alkanes of at least 4 members (excludes halogenated alkanes) is 2. The summed E-state index contributed by atoms with van der Waals surface area (Å²) in [6, 6.07) is 8.68. The molecule has 184 valence electrons. The van der Waals surface area contributed by atoms with Crippen LogP contribution in [0.3, 0.4) is 0 Å². The zero-order chi connectivity index (χ0) is 24.9. The van der Waals surface area contributed by atoms with E-state index < -0.39 is 27.7 Å². The van der Waals surface area contributed by atoms with Crippen molar-refractivity contribution in [2.45, 2.75) is 50.6 Å². The largest absolute Gasteiger partial charge is 0.416 e. The lowest BCUT2D eigenvalue weighted by atomic mass is 10.1. The van der Waals surface area contributed by atoms with Crippen LogP contribution >= 0.6 is 11.3 Å². The van der Waals surface area contributed by atoms with E-state index in [9.17, 15) is 26.4 Å². The molecule has 2 aromatic carbocycles. The van der Waals surface area contributed by atoms with Crippen molar-refractivity contribution < 1.29 is 26.4 Å². The number of hydrogen-bond donors (Lipinski definition) is 1. The number of aromatic nitrogens is 1. The van der Waals surface area contributed by atoms with Gasteiger partial charge in [-0.25, -0.2) is 13.4 Å². The molecule has 0 bridgehead atoms. The van der Waals surface area contributed by atoms with Gasteiger partial charge in [-0.2, -0.15) is 17.5 Å². The molecule has 0 unspecified atom stereocenters. The molecule has 1 amide bonds. The zero-order valence-corrected chi connectivity index (χ0v) is 20.5. The van der Waals surface area contributed by atoms with Crippen molar-refractivity contribution in [1.82, 2.24) is 9.29 Å². The van der Waals surface area contributed by atoms with E-state index in [0.717, 1.165) is 55.2 Å². The number of anilines is 1. The fourth-order valence-corrected chi connectivity index (χ4v) is 5.81. The normalized spacial score (nSPS) is 12.4. The van der Waals surface area contributed by atoms with Crippen molar-refractivity contribution in [3.05, 3.63) is 53.6 Å². The van der Waals surface area contributed by atoms with Crippen LogP contribution in [-0.2, 0) is 16.2 Å². The van der Waals surface area contributed by atoms with Crippen LogP contribution in [0, 0.1) is 0 Å². The molecule has 0 saturated heterocycles. The number of hydrogen-bond acceptors (Lipinski definition) is 5. The summed E-state index contributed by atoms with van der Waals surface area (Å²) < 4.78 is 67.3. The zero-order valence-electron chi connectivity index (χ0n) is 18.9. The molecule has 11 heteroatoms. The number of carbonyl (C=O) groups excluding carboxylic acids is 1. The van der Waals surface area contributed by atoms with E-state index in [0.29, 0.717) is 23.3 Å². The highest BCUT2D eigenvalue weighted by Gasteiger charge is 2.31. The lowest BCUT2D eigenvalue weighted by molar-refractivity contribution is -0.137. The minimum Gasteiger partial charge on any atom is -0.298 e. The lowest BCUT2D eigenvalue weighted by Crippen LogP contribution is -2.33. The lowest BCUT2D eigenvalue weighted by Gasteiger charge is -2.21. The average Bonchev–Trinajstić information content (AvgIpc) is 3.20. The summed E-state index contributed by atoms with van der Waals surface area (Å²) in [5.41, 5.74) is -0.591. The summed E-state index contributed by atoms with van der Waals surface area (Å²) in [6.07, 6.45) is -1.28. The second-order valence-corrected chi connectivity index (χ2v) is 10.8. The molecule has 0 aliphatic rings. The molecular formula is C23H26F3N3O3S2. The van der Waals surface area contributed by atoms with Gasteiger partial charge in [-0.05, 0) is 49.2 Å². The van der Waals surface area contributed by atoms with Crippen molar-refractivity contribution in [2.24, 2.45) is 0 Å². The molecule has 34 heavy (non-hydrogen) atoms. The average molecular weight is 514 g/mol. The van der Waals surface area contributed by atoms with E-state index in [4.69, 9.17) is 0 Å². The van der Waals surface area contributed by atoms with Crippen LogP contribution in [0.15, 0.2) is 47.4 Å². The molecule has 3 rings (SSSR count). The number of alkyl halides is 3. The third-order valence-electron chi connectivity index (χ3n) is 5.19. The smallest absolute Gasteiger partial charge is 0.298 e. The van der Waals surface area contributed by atoms with E-state index in [1.54, 1.807) is 6.07 Å². The van der Waals surface area contributed by atoms with Gasteiger partial charge >= 0.3 is 6.18 Å². The maximum absolute atomic E-state index is 13.2. The van der Waals surface area contributed by atoms with E-state index in [1.807, 2.05) is 13.8 Å². The topological polar surface area (TPSA) is 79.4 Å². The van der Waals surface area contributed by atoms with Crippen molar-refractivity contribution in [1.29, 1.82) is 0 Å². The Morgan fingerprint density at radius 1 is 1.06 bits per heavy atom. The minimum absolute atomic E-state index is 0.145. The van der Waals surface area contributed by atoms with Gasteiger partial charge in [0.15, 0.2) is 5.13 Å². The number of thiazole rings is 1. The number of rotatable bonds is 10. The second kappa shape index (κ2) is 10.8. The van der Waals surface area contributed by atoms with Gasteiger partial charge < -0.3 is 0 Å². The van der Waals surface area contributed by atoms with Gasteiger partial charge in [-0.15, -0.1) is 0 Å². The van der Waals surface area contributed by atoms with Gasteiger partial charge in [0.1, 0.15) is 0 Å². The fraction of sp³-hybridized carbons (Fsp3) is 0.391. The van der Waals surface area contributed by atoms with Crippen LogP contribution in [0.25, 0.3) is 10.2 Å². The Kier molecular flexibility index (Phi) is 8.32. The molecule has 1 N–H and O–H groups in total. The maximum atomic E-state index is 13.2. The van der Waals surface area contributed by atoms with Crippen molar-refractivity contribution in [3.63, 3.8) is 0 Å². The molecule has 3 aromatic rings. The number of fused-ring (bicyclic) bond motifs is 1. The van der Waals surface area contributed by atoms with Crippen molar-refractivity contribution >= 4 is 42.6 Å². The molecule has 6 nitrogen and oxygen atoms in total. The Hall–Kier alpha value is -2.50. The molecule has 0 fully saturated rings. The first kappa shape index (κ1) is 26.1. The quantitative estimate of drug-likeness (QED) is 0.352. The van der Waals surface area contributed by atoms with Crippen LogP contribution in [-0.4, -0.2) is 36.7 Å². The number of benzene rings is 2. The Balaban J connectivity index is 1.84. The summed E-state index contributed by atoms with van der Waals surface area (Å²) in [7, 11) is -3.69. The van der Waals surface area contributed by atoms with E-state index >= 15 is 0 Å². The Morgan fingerprint density at radius 3 is 2.35 bits per heavy atom. The summed E-state index contributed by atoms with van der Waals surface area (Å²) in [6.45, 7) is 4.89. The number of halogens is 3. The molecule has 0 aliphatic carbocycles. The summed E-state index contributed by atoms with van der Waals surface area (Å²) >= 11 is 1.06. The minimum atomic E-state index is -4.56. The first-order valence-corrected chi connectivity index (χ1v) is 13.2. The van der Waals surface area contributed by atoms with Gasteiger partial charge in [0.25, 0.3) is 5.91 Å². The molecule has 0 spiro atoms. The molecule has 1 heterocycles. The van der Waals surface area contributed by atoms with Crippen molar-refractivity contribution in [3.8, 4) is 0 Å². The van der Waals surface area contributed by atoms with Crippen LogP contribution in [0.1, 0.15) is 55.5 Å². The Labute approximate surface area is 200 Å². The first-order valence-electron chi connectivity index (χ1n) is 11.0. The van der Waals surface area contributed by atoms with E-state index in [2.05, 4.69) is 10.3 Å². The summed E-state index contributed by atoms with van der Waals surface area (Å²) in [5.74, 6) is -0.733. The number of nitrogens with one attached hydrogen (secondary N) is 1. The van der Waals surface area contributed by atoms with E-state index in [-0.39, 0.29) is 15.6 Å². The Bertz CT molecular complexity index is 1250. The number of carbonyl (C=O) groups is 1. The SMILES string of the molecule is CCCCN(CCCC)S(=O)(=O)c1ccc2nc(NC(=O)c3cccc(C(F)(F)F)c3)sc2c1. The highest BCUT2D eigenvalue weighted by Crippen LogP contribution is 2.31. The highest BCUT2D eigenvalue weighted by atomic mass is 32.2. The summed E-state index contributed by atoms with van der Waals surface area (Å²) in [5, 5.41) is 2.67. The van der Waals surface area contributed by atoms with Crippen molar-refractivity contribution in [2.75, 3.05) is 18.4 Å². The molecule has 0 atom stereocenters. The van der Waals surface area contributed by atoms with Gasteiger partial charge in [0.05, 0.1) is 20.7 Å². The molecule has 0 aliphatic heterocycles. The Morgan fingerprint density at radius 2 is 1.74 bits per heavy atom. The molecule has 1 aromatic heterocycles. The van der Waals surface area contributed by atoms with Gasteiger partial charge in [0, 0.05) is 18.7 Å². The van der Waals surface area contributed by atoms with Gasteiger partial charge in [-0.1, -0.05) is 44.1 Å². The standard InChI is InChI=1S/C23H26F3N3O3S2/c1-3-5-12-29(13-6-4-2)34(31,32)18-10-11-19-20(15-18)33-22(27-19)28-21(30)16-8-7-9-17(14-16)23(24,25)26/h7-11,14-15H,3-6,12-13H2,1-2H3,(H,27,28,30). The molecule has 0 saturated carbocycles. The van der Waals surface area contributed by atoms with Crippen LogP contribution in [0.4, 0.5) is 18.3 Å². The summed E-state index contributed by atoms with van der Waals surface area (Å²) in [4.78, 5) is 16.9. The molecular weight excluding hydrogens is 487 g/mol. The predicted molar refractivity (Wildman–Crippen MR) is 128 cm³/mol. The van der Waals surface area contributed by atoms with Gasteiger partial charge in [-0.3, -0.25) is 10.1 Å². The monoisotopic (exact) mass is 513 g/mol. The third-order valence-corrected chi connectivity index (χ3v) is 8.02. The second-order valence-electron chi connectivity index (χ2n) is 7.79. The number of amides is 1.